The summed E-state index contributed by atoms with van der Waals surface area (Å²) in [6.07, 6.45) is 14.3. The molecule has 27 nitrogen and oxygen atoms in total. The summed E-state index contributed by atoms with van der Waals surface area (Å²) in [5.41, 5.74) is 2.13. The van der Waals surface area contributed by atoms with Gasteiger partial charge in [-0.05, 0) is 175 Å². The Morgan fingerprint density at radius 3 is 1.91 bits per heavy atom. The molecule has 0 aromatic carbocycles. The first kappa shape index (κ1) is 89.8. The van der Waals surface area contributed by atoms with Gasteiger partial charge in [-0.1, -0.05) is 98.6 Å². The third-order valence-electron chi connectivity index (χ3n) is 25.9. The number of β-amino-alcohol motifs (C(OH)–C–C–N with tert-alkyl or cyclic N) is 1. The van der Waals surface area contributed by atoms with Crippen LogP contribution in [0.15, 0.2) is 11.6 Å². The number of fused-ring (bicyclic) bond motifs is 5. The predicted molar refractivity (Wildman–Crippen MR) is 403 cm³/mol. The van der Waals surface area contributed by atoms with Gasteiger partial charge < -0.3 is 90.1 Å². The van der Waals surface area contributed by atoms with Gasteiger partial charge in [-0.2, -0.15) is 0 Å². The molecule has 620 valence electrons. The summed E-state index contributed by atoms with van der Waals surface area (Å²) < 4.78 is 53.1. The van der Waals surface area contributed by atoms with Crippen LogP contribution in [0.5, 0.6) is 0 Å². The lowest BCUT2D eigenvalue weighted by atomic mass is 9.47. The maximum atomic E-state index is 13.7. The molecule has 4 saturated heterocycles. The summed E-state index contributed by atoms with van der Waals surface area (Å²) >= 11 is 0. The van der Waals surface area contributed by atoms with Crippen LogP contribution in [-0.4, -0.2) is 231 Å². The SMILES string of the molecule is CC(C)CCC[C@@H](C)C1CCC2C3CC=C4CC(OC(=O)NCCCCCC(=O)N5CC[C@@H](OP(=O)(O)OCC6C[C@@H](O)CN6C(=O)CCCCCCC(=O)[C@H](CCCCNC(=O)CCCCOC6OC(CO)C(O)C(O)C6C)NC(=O)CCCCOC6OC(CO)C(O)C(O)C6C)C5)CC[C@]4(C)C3CC[C@@]21C. The Morgan fingerprint density at radius 2 is 1.25 bits per heavy atom. The summed E-state index contributed by atoms with van der Waals surface area (Å²) in [6.45, 7) is 16.1. The van der Waals surface area contributed by atoms with Crippen molar-refractivity contribution >= 4 is 43.3 Å². The number of likely N-dealkylation sites (tertiary alicyclic amines) is 2. The van der Waals surface area contributed by atoms with Crippen molar-refractivity contribution in [1.82, 2.24) is 25.8 Å². The van der Waals surface area contributed by atoms with E-state index in [2.05, 4.69) is 56.6 Å². The number of nitrogens with zero attached hydrogens (tertiary/aromatic N) is 2. The molecule has 8 aliphatic rings. The Morgan fingerprint density at radius 1 is 0.639 bits per heavy atom. The van der Waals surface area contributed by atoms with Crippen LogP contribution in [0.1, 0.15) is 254 Å². The van der Waals surface area contributed by atoms with Crippen LogP contribution < -0.4 is 16.0 Å². The Hall–Kier alpha value is -3.77. The van der Waals surface area contributed by atoms with E-state index in [-0.39, 0.29) is 118 Å². The second-order valence-electron chi connectivity index (χ2n) is 34.1. The number of carbonyl (C=O) groups is 6. The van der Waals surface area contributed by atoms with Gasteiger partial charge in [0.15, 0.2) is 18.4 Å². The number of phosphoric acid groups is 1. The normalized spacial score (nSPS) is 33.7. The van der Waals surface area contributed by atoms with Crippen LogP contribution in [0.25, 0.3) is 0 Å². The minimum absolute atomic E-state index is 0.0331. The zero-order valence-electron chi connectivity index (χ0n) is 66.0. The number of unbranched alkanes of at least 4 members (excludes halogenated alkanes) is 8. The molecule has 8 rings (SSSR count). The molecular weight excluding hydrogens is 1410 g/mol. The quantitative estimate of drug-likeness (QED) is 0.0154. The lowest BCUT2D eigenvalue weighted by Crippen LogP contribution is -2.55. The maximum Gasteiger partial charge on any atom is 0.472 e. The predicted octanol–water partition coefficient (Wildman–Crippen LogP) is 8.58. The van der Waals surface area contributed by atoms with Crippen LogP contribution in [-0.2, 0) is 61.3 Å². The van der Waals surface area contributed by atoms with Crippen LogP contribution in [0, 0.1) is 58.2 Å². The van der Waals surface area contributed by atoms with E-state index in [0.717, 1.165) is 61.7 Å². The van der Waals surface area contributed by atoms with E-state index in [0.29, 0.717) is 121 Å². The molecule has 11 N–H and O–H groups in total. The number of ketones is 1. The summed E-state index contributed by atoms with van der Waals surface area (Å²) in [6, 6.07) is -1.46. The number of phosphoric ester groups is 1. The Balaban J connectivity index is 0.670. The van der Waals surface area contributed by atoms with E-state index >= 15 is 0 Å². The van der Waals surface area contributed by atoms with E-state index in [1.165, 1.54) is 55.4 Å². The minimum atomic E-state index is -4.63. The molecular formula is C80H138N5O22P. The topological polar surface area (TPSA) is 389 Å². The number of rotatable bonds is 45. The lowest BCUT2D eigenvalue weighted by molar-refractivity contribution is -0.282. The second-order valence-corrected chi connectivity index (χ2v) is 35.5. The molecule has 0 radical (unpaired) electrons. The van der Waals surface area contributed by atoms with Gasteiger partial charge in [-0.15, -0.1) is 0 Å². The van der Waals surface area contributed by atoms with Crippen molar-refractivity contribution in [1.29, 1.82) is 0 Å². The molecule has 3 saturated carbocycles. The largest absolute Gasteiger partial charge is 0.472 e. The van der Waals surface area contributed by atoms with Gasteiger partial charge in [0.2, 0.25) is 23.6 Å². The van der Waals surface area contributed by atoms with Gasteiger partial charge in [0.1, 0.15) is 30.5 Å². The van der Waals surface area contributed by atoms with Crippen LogP contribution in [0.3, 0.4) is 0 Å². The van der Waals surface area contributed by atoms with Crippen molar-refractivity contribution in [3.05, 3.63) is 11.6 Å². The molecule has 0 bridgehead atoms. The molecule has 0 spiro atoms. The third kappa shape index (κ3) is 25.6. The zero-order chi connectivity index (χ0) is 78.3. The molecule has 17 unspecified atom stereocenters. The average molecular weight is 1550 g/mol. The summed E-state index contributed by atoms with van der Waals surface area (Å²) in [5.74, 6) is 2.60. The minimum Gasteiger partial charge on any atom is -0.446 e. The number of alkyl carbamates (subject to hydrolysis) is 1. The number of hydrogen-bond acceptors (Lipinski definition) is 21. The van der Waals surface area contributed by atoms with Gasteiger partial charge in [0.05, 0.1) is 56.3 Å². The molecule has 4 aliphatic heterocycles. The zero-order valence-corrected chi connectivity index (χ0v) is 66.9. The summed E-state index contributed by atoms with van der Waals surface area (Å²) in [7, 11) is -4.63. The highest BCUT2D eigenvalue weighted by molar-refractivity contribution is 7.47. The molecule has 4 aliphatic carbocycles. The highest BCUT2D eigenvalue weighted by Gasteiger charge is 2.59. The van der Waals surface area contributed by atoms with Gasteiger partial charge in [-0.3, -0.25) is 33.0 Å². The van der Waals surface area contributed by atoms with Gasteiger partial charge >= 0.3 is 13.9 Å². The van der Waals surface area contributed by atoms with Crippen molar-refractivity contribution in [3.8, 4) is 0 Å². The van der Waals surface area contributed by atoms with Crippen molar-refractivity contribution in [3.63, 3.8) is 0 Å². The summed E-state index contributed by atoms with van der Waals surface area (Å²) in [5, 5.41) is 79.4. The molecule has 4 heterocycles. The van der Waals surface area contributed by atoms with Gasteiger partial charge in [-0.25, -0.2) is 9.36 Å². The number of Topliss-reactive ketones (excluding diaryl/α,β-unsaturated/α-hetero) is 1. The lowest BCUT2D eigenvalue weighted by Gasteiger charge is -2.58. The van der Waals surface area contributed by atoms with Crippen LogP contribution in [0.4, 0.5) is 4.79 Å². The van der Waals surface area contributed by atoms with Crippen molar-refractivity contribution in [2.24, 2.45) is 58.2 Å². The smallest absolute Gasteiger partial charge is 0.446 e. The first-order valence-electron chi connectivity index (χ1n) is 41.7. The highest BCUT2D eigenvalue weighted by Crippen LogP contribution is 2.67. The number of aliphatic hydroxyl groups excluding tert-OH is 7. The number of ether oxygens (including phenoxy) is 5. The fourth-order valence-corrected chi connectivity index (χ4v) is 20.2. The maximum absolute atomic E-state index is 13.7. The van der Waals surface area contributed by atoms with Crippen molar-refractivity contribution < 1.29 is 107 Å². The molecule has 23 atom stereocenters. The monoisotopic (exact) mass is 1550 g/mol. The number of hydrogen-bond donors (Lipinski definition) is 11. The van der Waals surface area contributed by atoms with Crippen LogP contribution >= 0.6 is 7.82 Å². The third-order valence-corrected chi connectivity index (χ3v) is 26.9. The highest BCUT2D eigenvalue weighted by atomic mass is 31.2. The number of allylic oxidation sites excluding steroid dienone is 1. The van der Waals surface area contributed by atoms with E-state index in [1.807, 2.05) is 0 Å². The molecule has 0 aromatic rings. The molecule has 108 heavy (non-hydrogen) atoms. The summed E-state index contributed by atoms with van der Waals surface area (Å²) in [4.78, 5) is 93.4. The van der Waals surface area contributed by atoms with E-state index in [4.69, 9.17) is 32.7 Å². The number of amides is 5. The first-order valence-corrected chi connectivity index (χ1v) is 43.2. The van der Waals surface area contributed by atoms with Gasteiger partial charge in [0, 0.05) is 96.3 Å². The fraction of sp³-hybridized carbons (Fsp3) is 0.900. The second kappa shape index (κ2) is 43.6. The Kier molecular flexibility index (Phi) is 36.3. The first-order chi connectivity index (χ1) is 51.6. The fourth-order valence-electron chi connectivity index (χ4n) is 19.3. The van der Waals surface area contributed by atoms with Crippen molar-refractivity contribution in [2.75, 3.05) is 65.8 Å². The molecule has 0 aromatic heterocycles. The number of carbonyl (C=O) groups excluding carboxylic acids is 6. The molecule has 5 amide bonds. The number of aliphatic hydroxyl groups is 7. The Bertz CT molecular complexity index is 2890. The average Bonchev–Trinajstić information content (AvgIpc) is 1.41. The van der Waals surface area contributed by atoms with E-state index in [9.17, 15) is 74.0 Å². The van der Waals surface area contributed by atoms with Crippen molar-refractivity contribution in [2.45, 2.75) is 334 Å². The Labute approximate surface area is 642 Å². The number of nitrogens with one attached hydrogen (secondary N) is 3. The van der Waals surface area contributed by atoms with Gasteiger partial charge in [0.25, 0.3) is 0 Å². The standard InChI is InChI=1S/C80H138N5O22P/c1-51(2)22-21-23-52(3)61-32-33-62-60-31-30-55-44-58(34-37-79(55,6)63(60)35-38-80(61,62)7)104-78(98)82-40-17-10-13-28-70(92)84-41-36-59(47-84)107-108(99,100)103-50-56-45-57(88)46-85(56)71(93)29-12-9-8-11-25-65(89)64(83-69(91)27-16-20-43-102-77-54(5)73(95)75(97)67(49-87)106-77)24-14-18-39-81-68(90)26-15-19-42-101-76-53(4)72(94)74(96)66(48-86)105-76/h30,51-54,56-64,66-67,72-77,86-88,94-97H,8-29,31-50H2,1-7H3,(H,81,90)(H,82,98)(H,83,91)(H,99,100)/t52-,53?,54?,56?,57-,58?,59-,60?,61?,62?,63?,64+,66?,67?,72?,73?,74?,75?,76?,77?,79+,80-/m1/s1. The van der Waals surface area contributed by atoms with E-state index in [1.54, 1.807) is 18.7 Å². The molecule has 28 heteroatoms. The van der Waals surface area contributed by atoms with E-state index < -0.39 is 106 Å². The van der Waals surface area contributed by atoms with Crippen LogP contribution in [0.2, 0.25) is 0 Å². The molecule has 7 fully saturated rings.